The van der Waals surface area contributed by atoms with Crippen molar-refractivity contribution in [1.29, 1.82) is 0 Å². The Bertz CT molecular complexity index is 560. The van der Waals surface area contributed by atoms with E-state index in [9.17, 15) is 4.39 Å². The number of hydrogen-bond acceptors (Lipinski definition) is 2. The summed E-state index contributed by atoms with van der Waals surface area (Å²) in [6.07, 6.45) is 1.53. The van der Waals surface area contributed by atoms with E-state index in [1.807, 2.05) is 0 Å². The van der Waals surface area contributed by atoms with Gasteiger partial charge in [-0.2, -0.15) is 0 Å². The Hall–Kier alpha value is -1.13. The Morgan fingerprint density at radius 2 is 2.18 bits per heavy atom. The number of nitrogens with zero attached hydrogens (tertiary/aromatic N) is 1. The maximum atomic E-state index is 13.4. The lowest BCUT2D eigenvalue weighted by Crippen LogP contribution is -1.98. The van der Waals surface area contributed by atoms with Crippen LogP contribution in [0.4, 0.5) is 15.9 Å². The van der Waals surface area contributed by atoms with Crippen molar-refractivity contribution in [1.82, 2.24) is 4.98 Å². The number of benzene rings is 1. The van der Waals surface area contributed by atoms with Gasteiger partial charge in [0.05, 0.1) is 9.50 Å². The van der Waals surface area contributed by atoms with Crippen molar-refractivity contribution >= 4 is 39.0 Å². The Morgan fingerprint density at radius 3 is 2.88 bits per heavy atom. The van der Waals surface area contributed by atoms with Crippen molar-refractivity contribution in [3.63, 3.8) is 0 Å². The van der Waals surface area contributed by atoms with Crippen LogP contribution >= 0.6 is 27.5 Å². The maximum absolute atomic E-state index is 13.4. The van der Waals surface area contributed by atoms with E-state index in [-0.39, 0.29) is 5.82 Å². The number of rotatable bonds is 2. The molecule has 88 valence electrons. The molecule has 1 aromatic heterocycles. The Labute approximate surface area is 112 Å². The summed E-state index contributed by atoms with van der Waals surface area (Å²) in [5.41, 5.74) is 1.23. The highest BCUT2D eigenvalue weighted by atomic mass is 79.9. The molecule has 0 saturated heterocycles. The summed E-state index contributed by atoms with van der Waals surface area (Å²) < 4.78 is 14.1. The lowest BCUT2D eigenvalue weighted by Gasteiger charge is -2.10. The zero-order valence-corrected chi connectivity index (χ0v) is 11.3. The average Bonchev–Trinajstić information content (AvgIpc) is 2.28. The van der Waals surface area contributed by atoms with E-state index >= 15 is 0 Å². The van der Waals surface area contributed by atoms with Gasteiger partial charge in [-0.05, 0) is 41.1 Å². The molecule has 0 fully saturated rings. The molecule has 17 heavy (non-hydrogen) atoms. The second kappa shape index (κ2) is 5.02. The van der Waals surface area contributed by atoms with Gasteiger partial charge in [0.2, 0.25) is 0 Å². The quantitative estimate of drug-likeness (QED) is 0.869. The van der Waals surface area contributed by atoms with Crippen LogP contribution in [-0.4, -0.2) is 4.98 Å². The van der Waals surface area contributed by atoms with Crippen LogP contribution in [0.15, 0.2) is 34.9 Å². The van der Waals surface area contributed by atoms with Crippen LogP contribution in [0.25, 0.3) is 0 Å². The molecular formula is C12H9BrClFN2. The molecule has 0 atom stereocenters. The van der Waals surface area contributed by atoms with Gasteiger partial charge in [0.1, 0.15) is 11.6 Å². The number of anilines is 2. The Morgan fingerprint density at radius 1 is 1.41 bits per heavy atom. The lowest BCUT2D eigenvalue weighted by molar-refractivity contribution is 0.619. The van der Waals surface area contributed by atoms with Crippen molar-refractivity contribution < 1.29 is 4.39 Å². The van der Waals surface area contributed by atoms with Crippen molar-refractivity contribution in [2.75, 3.05) is 5.32 Å². The molecule has 0 saturated carbocycles. The van der Waals surface area contributed by atoms with E-state index in [0.29, 0.717) is 22.1 Å². The van der Waals surface area contributed by atoms with E-state index in [1.54, 1.807) is 25.1 Å². The lowest BCUT2D eigenvalue weighted by atomic mass is 10.2. The molecule has 0 amide bonds. The average molecular weight is 316 g/mol. The molecule has 0 aliphatic rings. The van der Waals surface area contributed by atoms with Crippen molar-refractivity contribution in [2.45, 2.75) is 6.92 Å². The minimum atomic E-state index is -0.250. The van der Waals surface area contributed by atoms with Crippen LogP contribution in [0, 0.1) is 12.7 Å². The fourth-order valence-electron chi connectivity index (χ4n) is 1.38. The van der Waals surface area contributed by atoms with Gasteiger partial charge in [0, 0.05) is 17.4 Å². The number of pyridine rings is 1. The molecule has 2 nitrogen and oxygen atoms in total. The van der Waals surface area contributed by atoms with Crippen LogP contribution in [0.1, 0.15) is 5.56 Å². The molecule has 0 radical (unpaired) electrons. The summed E-state index contributed by atoms with van der Waals surface area (Å²) in [5, 5.41) is 3.59. The predicted molar refractivity (Wildman–Crippen MR) is 71.4 cm³/mol. The summed E-state index contributed by atoms with van der Waals surface area (Å²) in [5.74, 6) is 0.350. The van der Waals surface area contributed by atoms with E-state index in [4.69, 9.17) is 11.6 Å². The van der Waals surface area contributed by atoms with E-state index in [2.05, 4.69) is 26.2 Å². The third-order valence-corrected chi connectivity index (χ3v) is 3.14. The summed E-state index contributed by atoms with van der Waals surface area (Å²) in [4.78, 5) is 4.13. The Balaban J connectivity index is 2.35. The maximum Gasteiger partial charge on any atom is 0.144 e. The number of hydrogen-bond donors (Lipinski definition) is 1. The fourth-order valence-corrected chi connectivity index (χ4v) is 2.11. The van der Waals surface area contributed by atoms with Crippen molar-refractivity contribution in [2.24, 2.45) is 0 Å². The van der Waals surface area contributed by atoms with Crippen LogP contribution in [0.2, 0.25) is 5.02 Å². The number of nitrogens with one attached hydrogen (secondary N) is 1. The minimum absolute atomic E-state index is 0.250. The Kier molecular flexibility index (Phi) is 3.64. The van der Waals surface area contributed by atoms with Crippen molar-refractivity contribution in [3.8, 4) is 0 Å². The molecule has 0 aliphatic heterocycles. The van der Waals surface area contributed by atoms with Gasteiger partial charge in [-0.15, -0.1) is 0 Å². The van der Waals surface area contributed by atoms with Gasteiger partial charge >= 0.3 is 0 Å². The predicted octanol–water partition coefficient (Wildman–Crippen LogP) is 4.69. The molecule has 2 aromatic rings. The van der Waals surface area contributed by atoms with E-state index in [0.717, 1.165) is 4.47 Å². The third kappa shape index (κ3) is 2.76. The van der Waals surface area contributed by atoms with E-state index in [1.165, 1.54) is 12.3 Å². The first-order valence-corrected chi connectivity index (χ1v) is 6.08. The molecule has 1 heterocycles. The zero-order chi connectivity index (χ0) is 12.4. The topological polar surface area (TPSA) is 24.9 Å². The highest BCUT2D eigenvalue weighted by Gasteiger charge is 2.07. The highest BCUT2D eigenvalue weighted by molar-refractivity contribution is 9.10. The van der Waals surface area contributed by atoms with Gasteiger partial charge in [0.25, 0.3) is 0 Å². The molecule has 0 spiro atoms. The second-order valence-corrected chi connectivity index (χ2v) is 4.81. The molecule has 1 N–H and O–H groups in total. The van der Waals surface area contributed by atoms with Gasteiger partial charge in [-0.1, -0.05) is 17.7 Å². The highest BCUT2D eigenvalue weighted by Crippen LogP contribution is 2.28. The van der Waals surface area contributed by atoms with Gasteiger partial charge < -0.3 is 5.32 Å². The van der Waals surface area contributed by atoms with Gasteiger partial charge in [0.15, 0.2) is 0 Å². The molecule has 0 aliphatic carbocycles. The van der Waals surface area contributed by atoms with Gasteiger partial charge in [-0.3, -0.25) is 0 Å². The molecule has 0 unspecified atom stereocenters. The van der Waals surface area contributed by atoms with Crippen LogP contribution in [0.5, 0.6) is 0 Å². The first kappa shape index (κ1) is 12.3. The standard InChI is InChI=1S/C12H9BrClFN2/c1-7-10(15)3-2-4-11(7)17-12-9(13)5-8(14)6-16-12/h2-6H,1H3,(H,16,17). The largest absolute Gasteiger partial charge is 0.339 e. The molecule has 1 aromatic carbocycles. The monoisotopic (exact) mass is 314 g/mol. The van der Waals surface area contributed by atoms with Gasteiger partial charge in [-0.25, -0.2) is 9.37 Å². The molecule has 5 heteroatoms. The van der Waals surface area contributed by atoms with Crippen molar-refractivity contribution in [3.05, 3.63) is 51.3 Å². The van der Waals surface area contributed by atoms with Crippen LogP contribution in [-0.2, 0) is 0 Å². The minimum Gasteiger partial charge on any atom is -0.339 e. The molecule has 0 bridgehead atoms. The van der Waals surface area contributed by atoms with E-state index < -0.39 is 0 Å². The van der Waals surface area contributed by atoms with Crippen LogP contribution in [0.3, 0.4) is 0 Å². The first-order chi connectivity index (χ1) is 8.08. The first-order valence-electron chi connectivity index (χ1n) is 4.91. The second-order valence-electron chi connectivity index (χ2n) is 3.52. The SMILES string of the molecule is Cc1c(F)cccc1Nc1ncc(Cl)cc1Br. The smallest absolute Gasteiger partial charge is 0.144 e. The number of aromatic nitrogens is 1. The third-order valence-electron chi connectivity index (χ3n) is 2.33. The number of halogens is 3. The summed E-state index contributed by atoms with van der Waals surface area (Å²) >= 11 is 9.14. The normalized spacial score (nSPS) is 10.4. The van der Waals surface area contributed by atoms with Crippen LogP contribution < -0.4 is 5.32 Å². The zero-order valence-electron chi connectivity index (χ0n) is 8.97. The summed E-state index contributed by atoms with van der Waals surface area (Å²) in [6.45, 7) is 1.71. The summed E-state index contributed by atoms with van der Waals surface area (Å²) in [7, 11) is 0. The fraction of sp³-hybridized carbons (Fsp3) is 0.0833. The summed E-state index contributed by atoms with van der Waals surface area (Å²) in [6, 6.07) is 6.59. The molecule has 2 rings (SSSR count). The molecular weight excluding hydrogens is 307 g/mol.